The Balaban J connectivity index is 1.41. The summed E-state index contributed by atoms with van der Waals surface area (Å²) in [5.74, 6) is 0.817. The molecular formula is C31H30BrFN4O4. The fraction of sp³-hybridized carbons (Fsp3) is 0.290. The summed E-state index contributed by atoms with van der Waals surface area (Å²) in [4.78, 5) is 30.8. The van der Waals surface area contributed by atoms with Crippen molar-refractivity contribution in [2.75, 3.05) is 18.5 Å². The predicted octanol–water partition coefficient (Wildman–Crippen LogP) is 6.64. The highest BCUT2D eigenvalue weighted by Crippen LogP contribution is 2.37. The van der Waals surface area contributed by atoms with Gasteiger partial charge in [-0.3, -0.25) is 9.59 Å². The standard InChI is InChI=1S/C31H30BrFN4O4/c1-2-40-27-17-20(16-25(32)29(27)41-19-28(38)35-23-14-12-22(33)13-15-23)18-34-37-30(21-8-4-3-5-9-21)36-26-11-7-6-10-24(26)31(37)39/h6-7,10-18,21H,2-5,8-9,19H2,1H3,(H,35,38). The summed E-state index contributed by atoms with van der Waals surface area (Å²) in [6.45, 7) is 1.92. The average Bonchev–Trinajstić information content (AvgIpc) is 2.98. The Bertz CT molecular complexity index is 1630. The fourth-order valence-corrected chi connectivity index (χ4v) is 5.51. The number of para-hydroxylation sites is 1. The zero-order valence-electron chi connectivity index (χ0n) is 22.6. The van der Waals surface area contributed by atoms with Gasteiger partial charge in [0.15, 0.2) is 18.1 Å². The van der Waals surface area contributed by atoms with Gasteiger partial charge in [0.05, 0.1) is 28.2 Å². The van der Waals surface area contributed by atoms with Gasteiger partial charge in [0.25, 0.3) is 11.5 Å². The third-order valence-corrected chi connectivity index (χ3v) is 7.47. The van der Waals surface area contributed by atoms with Crippen LogP contribution in [0.5, 0.6) is 11.5 Å². The van der Waals surface area contributed by atoms with Crippen molar-refractivity contribution < 1.29 is 18.7 Å². The van der Waals surface area contributed by atoms with E-state index >= 15 is 0 Å². The van der Waals surface area contributed by atoms with E-state index < -0.39 is 5.91 Å². The smallest absolute Gasteiger partial charge is 0.282 e. The summed E-state index contributed by atoms with van der Waals surface area (Å²) in [6.07, 6.45) is 6.94. The minimum Gasteiger partial charge on any atom is -0.490 e. The zero-order valence-corrected chi connectivity index (χ0v) is 24.2. The fourth-order valence-electron chi connectivity index (χ4n) is 4.94. The number of aromatic nitrogens is 2. The molecule has 41 heavy (non-hydrogen) atoms. The van der Waals surface area contributed by atoms with Gasteiger partial charge in [-0.05, 0) is 89.8 Å². The number of amides is 1. The predicted molar refractivity (Wildman–Crippen MR) is 161 cm³/mol. The third kappa shape index (κ3) is 6.82. The topological polar surface area (TPSA) is 94.8 Å². The summed E-state index contributed by atoms with van der Waals surface area (Å²) in [5.41, 5.74) is 1.60. The first kappa shape index (κ1) is 28.5. The molecule has 0 unspecified atom stereocenters. The molecule has 1 aromatic heterocycles. The number of hydrogen-bond donors (Lipinski definition) is 1. The summed E-state index contributed by atoms with van der Waals surface area (Å²) >= 11 is 3.52. The van der Waals surface area contributed by atoms with Crippen LogP contribution in [0.4, 0.5) is 10.1 Å². The van der Waals surface area contributed by atoms with Crippen LogP contribution in [-0.4, -0.2) is 35.0 Å². The second-order valence-electron chi connectivity index (χ2n) is 9.79. The van der Waals surface area contributed by atoms with E-state index in [1.165, 1.54) is 35.4 Å². The van der Waals surface area contributed by atoms with Crippen molar-refractivity contribution in [2.24, 2.45) is 5.10 Å². The van der Waals surface area contributed by atoms with Crippen molar-refractivity contribution in [3.8, 4) is 11.5 Å². The Morgan fingerprint density at radius 2 is 1.88 bits per heavy atom. The summed E-state index contributed by atoms with van der Waals surface area (Å²) in [5, 5.41) is 7.79. The van der Waals surface area contributed by atoms with Gasteiger partial charge < -0.3 is 14.8 Å². The zero-order chi connectivity index (χ0) is 28.8. The van der Waals surface area contributed by atoms with E-state index in [1.807, 2.05) is 25.1 Å². The van der Waals surface area contributed by atoms with Gasteiger partial charge in [-0.1, -0.05) is 31.4 Å². The minimum absolute atomic E-state index is 0.167. The van der Waals surface area contributed by atoms with Crippen molar-refractivity contribution >= 4 is 44.6 Å². The molecule has 0 saturated heterocycles. The maximum absolute atomic E-state index is 13.5. The van der Waals surface area contributed by atoms with Gasteiger partial charge in [-0.2, -0.15) is 9.78 Å². The van der Waals surface area contributed by atoms with Crippen LogP contribution in [0.15, 0.2) is 75.0 Å². The highest BCUT2D eigenvalue weighted by atomic mass is 79.9. The number of nitrogens with zero attached hydrogens (tertiary/aromatic N) is 3. The molecule has 4 aromatic rings. The molecule has 1 saturated carbocycles. The highest BCUT2D eigenvalue weighted by molar-refractivity contribution is 9.10. The molecule has 10 heteroatoms. The van der Waals surface area contributed by atoms with E-state index in [0.717, 1.165) is 25.7 Å². The molecule has 1 fully saturated rings. The number of rotatable bonds is 9. The molecule has 0 bridgehead atoms. The lowest BCUT2D eigenvalue weighted by Crippen LogP contribution is -2.25. The van der Waals surface area contributed by atoms with Crippen molar-refractivity contribution in [1.29, 1.82) is 0 Å². The van der Waals surface area contributed by atoms with Gasteiger partial charge >= 0.3 is 0 Å². The largest absolute Gasteiger partial charge is 0.490 e. The Labute approximate surface area is 245 Å². The molecule has 0 radical (unpaired) electrons. The van der Waals surface area contributed by atoms with Crippen LogP contribution in [0, 0.1) is 5.82 Å². The van der Waals surface area contributed by atoms with Crippen molar-refractivity contribution in [2.45, 2.75) is 44.9 Å². The van der Waals surface area contributed by atoms with Gasteiger partial charge in [-0.25, -0.2) is 9.37 Å². The number of hydrogen-bond acceptors (Lipinski definition) is 6. The van der Waals surface area contributed by atoms with Crippen LogP contribution >= 0.6 is 15.9 Å². The van der Waals surface area contributed by atoms with Crippen LogP contribution in [0.3, 0.4) is 0 Å². The second kappa shape index (κ2) is 13.1. The third-order valence-electron chi connectivity index (χ3n) is 6.88. The number of carbonyl (C=O) groups excluding carboxylic acids is 1. The number of ether oxygens (including phenoxy) is 2. The molecule has 1 amide bonds. The molecule has 8 nitrogen and oxygen atoms in total. The number of benzene rings is 3. The molecule has 1 heterocycles. The van der Waals surface area contributed by atoms with Gasteiger partial charge in [0.2, 0.25) is 0 Å². The molecular weight excluding hydrogens is 591 g/mol. The Hall–Kier alpha value is -4.05. The molecule has 5 rings (SSSR count). The summed E-state index contributed by atoms with van der Waals surface area (Å²) in [7, 11) is 0. The molecule has 1 N–H and O–H groups in total. The van der Waals surface area contributed by atoms with Crippen molar-refractivity contribution in [3.63, 3.8) is 0 Å². The first-order valence-corrected chi connectivity index (χ1v) is 14.4. The quantitative estimate of drug-likeness (QED) is 0.212. The van der Waals surface area contributed by atoms with Crippen LogP contribution in [0.1, 0.15) is 56.3 Å². The molecule has 1 aliphatic rings. The Morgan fingerprint density at radius 1 is 1.12 bits per heavy atom. The van der Waals surface area contributed by atoms with Gasteiger partial charge in [-0.15, -0.1) is 0 Å². The van der Waals surface area contributed by atoms with Crippen molar-refractivity contribution in [3.05, 3.63) is 92.7 Å². The minimum atomic E-state index is -0.407. The maximum Gasteiger partial charge on any atom is 0.282 e. The van der Waals surface area contributed by atoms with Gasteiger partial charge in [0.1, 0.15) is 11.6 Å². The maximum atomic E-state index is 13.5. The van der Waals surface area contributed by atoms with E-state index in [2.05, 4.69) is 26.3 Å². The number of fused-ring (bicyclic) bond motifs is 1. The SMILES string of the molecule is CCOc1cc(C=Nn2c(C3CCCCC3)nc3ccccc3c2=O)cc(Br)c1OCC(=O)Nc1ccc(F)cc1. The number of nitrogens with one attached hydrogen (secondary N) is 1. The van der Waals surface area contributed by atoms with Crippen LogP contribution < -0.4 is 20.3 Å². The molecule has 0 atom stereocenters. The molecule has 212 valence electrons. The number of anilines is 1. The van der Waals surface area contributed by atoms with E-state index in [4.69, 9.17) is 14.5 Å². The van der Waals surface area contributed by atoms with E-state index in [-0.39, 0.29) is 23.9 Å². The lowest BCUT2D eigenvalue weighted by Gasteiger charge is -2.22. The normalized spacial score (nSPS) is 13.9. The van der Waals surface area contributed by atoms with Crippen LogP contribution in [0.2, 0.25) is 0 Å². The summed E-state index contributed by atoms with van der Waals surface area (Å²) < 4.78 is 26.7. The lowest BCUT2D eigenvalue weighted by atomic mass is 9.88. The summed E-state index contributed by atoms with van der Waals surface area (Å²) in [6, 6.07) is 16.3. The molecule has 0 spiro atoms. The van der Waals surface area contributed by atoms with E-state index in [1.54, 1.807) is 24.4 Å². The highest BCUT2D eigenvalue weighted by Gasteiger charge is 2.22. The van der Waals surface area contributed by atoms with E-state index in [9.17, 15) is 14.0 Å². The average molecular weight is 622 g/mol. The Morgan fingerprint density at radius 3 is 2.63 bits per heavy atom. The molecule has 0 aliphatic heterocycles. The first-order chi connectivity index (χ1) is 19.9. The second-order valence-corrected chi connectivity index (χ2v) is 10.6. The Kier molecular flexibility index (Phi) is 9.08. The molecule has 1 aliphatic carbocycles. The lowest BCUT2D eigenvalue weighted by molar-refractivity contribution is -0.118. The molecule has 3 aromatic carbocycles. The number of halogens is 2. The van der Waals surface area contributed by atoms with Crippen LogP contribution in [-0.2, 0) is 4.79 Å². The van der Waals surface area contributed by atoms with Gasteiger partial charge in [0, 0.05) is 11.6 Å². The monoisotopic (exact) mass is 620 g/mol. The van der Waals surface area contributed by atoms with Crippen LogP contribution in [0.25, 0.3) is 10.9 Å². The van der Waals surface area contributed by atoms with E-state index in [0.29, 0.717) is 50.6 Å². The first-order valence-electron chi connectivity index (χ1n) is 13.6. The van der Waals surface area contributed by atoms with Crippen molar-refractivity contribution in [1.82, 2.24) is 9.66 Å². The number of carbonyl (C=O) groups is 1.